The van der Waals surface area contributed by atoms with Crippen molar-refractivity contribution in [1.29, 1.82) is 0 Å². The molecule has 0 bridgehead atoms. The minimum atomic E-state index is -0.289. The first kappa shape index (κ1) is 27.4. The number of carbonyl (C=O) groups is 2. The maximum Gasteiger partial charge on any atom is 0.270 e. The molecule has 2 N–H and O–H groups in total. The van der Waals surface area contributed by atoms with Crippen LogP contribution in [0.5, 0.6) is 17.2 Å². The topological polar surface area (TPSA) is 106 Å². The Morgan fingerprint density at radius 2 is 1.88 bits per heavy atom. The van der Waals surface area contributed by atoms with Gasteiger partial charge in [-0.2, -0.15) is 0 Å². The monoisotopic (exact) mass is 566 g/mol. The van der Waals surface area contributed by atoms with Gasteiger partial charge in [0.15, 0.2) is 11.5 Å². The highest BCUT2D eigenvalue weighted by atomic mass is 32.1. The molecular weight excluding hydrogens is 535 g/mol. The van der Waals surface area contributed by atoms with E-state index in [-0.39, 0.29) is 23.5 Å². The van der Waals surface area contributed by atoms with E-state index in [0.29, 0.717) is 54.6 Å². The molecule has 0 unspecified atom stereocenters. The molecular formula is C29H31FN4O5S. The molecule has 1 fully saturated rings. The number of nitrogens with one attached hydrogen (secondary N) is 2. The summed E-state index contributed by atoms with van der Waals surface area (Å²) in [5.41, 5.74) is 2.62. The zero-order chi connectivity index (χ0) is 28.2. The third-order valence-electron chi connectivity index (χ3n) is 7.23. The third kappa shape index (κ3) is 5.46. The summed E-state index contributed by atoms with van der Waals surface area (Å²) in [5, 5.41) is 6.41. The quantitative estimate of drug-likeness (QED) is 0.302. The summed E-state index contributed by atoms with van der Waals surface area (Å²) in [6.07, 6.45) is 3.90. The zero-order valence-corrected chi connectivity index (χ0v) is 23.4. The molecule has 2 amide bonds. The molecule has 0 saturated carbocycles. The zero-order valence-electron chi connectivity index (χ0n) is 22.6. The van der Waals surface area contributed by atoms with Gasteiger partial charge in [0.25, 0.3) is 11.8 Å². The number of ether oxygens (including phenoxy) is 3. The summed E-state index contributed by atoms with van der Waals surface area (Å²) in [6, 6.07) is 8.01. The van der Waals surface area contributed by atoms with Crippen LogP contribution in [-0.2, 0) is 6.42 Å². The molecule has 0 atom stereocenters. The van der Waals surface area contributed by atoms with Crippen LogP contribution in [-0.4, -0.2) is 67.6 Å². The van der Waals surface area contributed by atoms with Crippen LogP contribution in [0.2, 0.25) is 0 Å². The van der Waals surface area contributed by atoms with E-state index in [4.69, 9.17) is 14.2 Å². The number of benzene rings is 2. The normalized spacial score (nSPS) is 13.8. The van der Waals surface area contributed by atoms with E-state index in [9.17, 15) is 14.0 Å². The lowest BCUT2D eigenvalue weighted by Crippen LogP contribution is -2.38. The molecule has 1 aliphatic rings. The molecule has 0 radical (unpaired) electrons. The Bertz CT molecular complexity index is 1530. The molecule has 210 valence electrons. The molecule has 40 heavy (non-hydrogen) atoms. The largest absolute Gasteiger partial charge is 0.493 e. The van der Waals surface area contributed by atoms with Crippen molar-refractivity contribution < 1.29 is 28.2 Å². The number of aromatic nitrogens is 2. The first-order valence-corrected chi connectivity index (χ1v) is 13.9. The van der Waals surface area contributed by atoms with Crippen LogP contribution in [0.1, 0.15) is 50.2 Å². The number of piperidine rings is 1. The second-order valence-electron chi connectivity index (χ2n) is 9.53. The number of thiazole rings is 1. The summed E-state index contributed by atoms with van der Waals surface area (Å²) in [7, 11) is 4.54. The summed E-state index contributed by atoms with van der Waals surface area (Å²) in [4.78, 5) is 35.6. The average molecular weight is 567 g/mol. The molecule has 3 heterocycles. The molecule has 0 spiro atoms. The predicted octanol–water partition coefficient (Wildman–Crippen LogP) is 4.78. The molecule has 1 aliphatic heterocycles. The maximum atomic E-state index is 13.6. The van der Waals surface area contributed by atoms with Gasteiger partial charge in [0, 0.05) is 48.0 Å². The van der Waals surface area contributed by atoms with Gasteiger partial charge in [-0.3, -0.25) is 9.59 Å². The molecule has 4 aromatic rings. The Morgan fingerprint density at radius 1 is 1.10 bits per heavy atom. The van der Waals surface area contributed by atoms with Crippen molar-refractivity contribution >= 4 is 34.1 Å². The van der Waals surface area contributed by atoms with Gasteiger partial charge < -0.3 is 29.4 Å². The number of H-pyrrole nitrogens is 1. The number of carbonyl (C=O) groups excluding carboxylic acids is 2. The number of likely N-dealkylation sites (tertiary alicyclic amines) is 1. The van der Waals surface area contributed by atoms with Gasteiger partial charge in [-0.1, -0.05) is 0 Å². The van der Waals surface area contributed by atoms with Crippen molar-refractivity contribution in [2.24, 2.45) is 0 Å². The lowest BCUT2D eigenvalue weighted by molar-refractivity contribution is 0.0708. The number of rotatable bonds is 9. The first-order valence-electron chi connectivity index (χ1n) is 13.0. The second-order valence-corrected chi connectivity index (χ2v) is 10.4. The Hall–Kier alpha value is -4.12. The molecule has 2 aromatic carbocycles. The van der Waals surface area contributed by atoms with Crippen molar-refractivity contribution in [1.82, 2.24) is 20.2 Å². The molecule has 1 saturated heterocycles. The van der Waals surface area contributed by atoms with E-state index in [1.807, 2.05) is 6.20 Å². The van der Waals surface area contributed by atoms with E-state index in [1.165, 1.54) is 44.8 Å². The number of hydrogen-bond acceptors (Lipinski definition) is 7. The van der Waals surface area contributed by atoms with E-state index >= 15 is 0 Å². The number of aromatic amines is 1. The number of amides is 2. The number of methoxy groups -OCH3 is 3. The Kier molecular flexibility index (Phi) is 8.20. The number of fused-ring (bicyclic) bond motifs is 1. The van der Waals surface area contributed by atoms with Crippen LogP contribution in [0, 0.1) is 5.82 Å². The van der Waals surface area contributed by atoms with Gasteiger partial charge in [-0.25, -0.2) is 9.37 Å². The van der Waals surface area contributed by atoms with Gasteiger partial charge in [-0.05, 0) is 55.2 Å². The summed E-state index contributed by atoms with van der Waals surface area (Å²) in [6.45, 7) is 1.54. The highest BCUT2D eigenvalue weighted by Crippen LogP contribution is 2.41. The standard InChI is InChI=1S/C29H31FN4O5S/c1-37-24-7-5-20(25(38-2)26(24)39-3)29(36)34-12-9-17(10-13-34)28-33-23(16-40-28)27(35)31-11-8-18-15-32-22-6-4-19(30)14-21(18)22/h4-7,14-17,32H,8-13H2,1-3H3,(H,31,35). The summed E-state index contributed by atoms with van der Waals surface area (Å²) >= 11 is 1.47. The number of hydrogen-bond donors (Lipinski definition) is 2. The van der Waals surface area contributed by atoms with Crippen molar-refractivity contribution in [3.63, 3.8) is 0 Å². The lowest BCUT2D eigenvalue weighted by atomic mass is 9.97. The van der Waals surface area contributed by atoms with E-state index in [0.717, 1.165) is 34.3 Å². The van der Waals surface area contributed by atoms with Crippen molar-refractivity contribution in [2.75, 3.05) is 41.0 Å². The van der Waals surface area contributed by atoms with Crippen molar-refractivity contribution in [2.45, 2.75) is 25.2 Å². The van der Waals surface area contributed by atoms with Gasteiger partial charge in [-0.15, -0.1) is 11.3 Å². The summed E-state index contributed by atoms with van der Waals surface area (Å²) in [5.74, 6) is 0.741. The fourth-order valence-electron chi connectivity index (χ4n) is 5.11. The van der Waals surface area contributed by atoms with Crippen molar-refractivity contribution in [3.8, 4) is 17.2 Å². The molecule has 2 aromatic heterocycles. The van der Waals surface area contributed by atoms with Crippen LogP contribution in [0.25, 0.3) is 10.9 Å². The number of nitrogens with zero attached hydrogens (tertiary/aromatic N) is 2. The highest BCUT2D eigenvalue weighted by molar-refractivity contribution is 7.09. The third-order valence-corrected chi connectivity index (χ3v) is 8.24. The van der Waals surface area contributed by atoms with Crippen LogP contribution >= 0.6 is 11.3 Å². The van der Waals surface area contributed by atoms with Crippen LogP contribution < -0.4 is 19.5 Å². The second kappa shape index (κ2) is 12.0. The Labute approximate surface area is 235 Å². The first-order chi connectivity index (χ1) is 19.4. The fourth-order valence-corrected chi connectivity index (χ4v) is 6.08. The molecule has 9 nitrogen and oxygen atoms in total. The van der Waals surface area contributed by atoms with E-state index in [2.05, 4.69) is 15.3 Å². The Morgan fingerprint density at radius 3 is 2.60 bits per heavy atom. The SMILES string of the molecule is COc1ccc(C(=O)N2CCC(c3nc(C(=O)NCCc4c[nH]c5ccc(F)cc45)cs3)CC2)c(OC)c1OC. The van der Waals surface area contributed by atoms with Crippen LogP contribution in [0.15, 0.2) is 41.9 Å². The molecule has 0 aliphatic carbocycles. The minimum Gasteiger partial charge on any atom is -0.493 e. The highest BCUT2D eigenvalue weighted by Gasteiger charge is 2.30. The average Bonchev–Trinajstić information content (AvgIpc) is 3.63. The van der Waals surface area contributed by atoms with E-state index in [1.54, 1.807) is 28.5 Å². The fraction of sp³-hybridized carbons (Fsp3) is 0.345. The summed E-state index contributed by atoms with van der Waals surface area (Å²) < 4.78 is 29.9. The van der Waals surface area contributed by atoms with Crippen LogP contribution in [0.4, 0.5) is 4.39 Å². The van der Waals surface area contributed by atoms with Gasteiger partial charge in [0.2, 0.25) is 5.75 Å². The maximum absolute atomic E-state index is 13.6. The molecule has 11 heteroatoms. The minimum absolute atomic E-state index is 0.131. The number of halogens is 1. The lowest BCUT2D eigenvalue weighted by Gasteiger charge is -2.31. The van der Waals surface area contributed by atoms with Gasteiger partial charge in [0.1, 0.15) is 11.5 Å². The Balaban J connectivity index is 1.16. The van der Waals surface area contributed by atoms with E-state index < -0.39 is 0 Å². The van der Waals surface area contributed by atoms with Crippen LogP contribution in [0.3, 0.4) is 0 Å². The van der Waals surface area contributed by atoms with Gasteiger partial charge in [0.05, 0.1) is 31.9 Å². The van der Waals surface area contributed by atoms with Gasteiger partial charge >= 0.3 is 0 Å². The predicted molar refractivity (Wildman–Crippen MR) is 150 cm³/mol. The smallest absolute Gasteiger partial charge is 0.270 e. The molecule has 5 rings (SSSR count). The van der Waals surface area contributed by atoms with Crippen molar-refractivity contribution in [3.05, 3.63) is 69.6 Å².